The number of likely N-dealkylation sites (N-methyl/N-ethyl adjacent to an activating group) is 1. The number of para-hydroxylation sites is 1. The van der Waals surface area contributed by atoms with Crippen LogP contribution in [-0.4, -0.2) is 55.2 Å². The zero-order valence-corrected chi connectivity index (χ0v) is 28.1. The second-order valence-electron chi connectivity index (χ2n) is 12.6. The predicted octanol–water partition coefficient (Wildman–Crippen LogP) is 5.80. The van der Waals surface area contributed by atoms with Crippen LogP contribution in [0.4, 0.5) is 23.4 Å². The maximum atomic E-state index is 14.5. The summed E-state index contributed by atoms with van der Waals surface area (Å²) in [6, 6.07) is 16.0. The van der Waals surface area contributed by atoms with Crippen molar-refractivity contribution in [2.45, 2.75) is 63.0 Å². The molecule has 0 fully saturated rings. The first-order valence-corrected chi connectivity index (χ1v) is 16.8. The molecule has 0 spiro atoms. The van der Waals surface area contributed by atoms with Gasteiger partial charge in [0.15, 0.2) is 0 Å². The van der Waals surface area contributed by atoms with Crippen molar-refractivity contribution in [3.8, 4) is 5.69 Å². The Morgan fingerprint density at radius 3 is 2.31 bits per heavy atom. The van der Waals surface area contributed by atoms with Crippen molar-refractivity contribution in [2.24, 2.45) is 0 Å². The SMILES string of the molecule is CCN1C(=O)[C@@H](NC(=O)c2cccc(C(F)(F)F)c2)[C@@H](c2ccc(F)cc2)c2c([C@@H](CCO)N[S+]([O-])C(C)(C)C)nn(-c3ccccc3)c21. The highest BCUT2D eigenvalue weighted by molar-refractivity contribution is 7.90. The molecule has 4 atom stereocenters. The number of nitrogens with one attached hydrogen (secondary N) is 2. The summed E-state index contributed by atoms with van der Waals surface area (Å²) in [7, 11) is 0. The number of benzene rings is 3. The smallest absolute Gasteiger partial charge is 0.416 e. The molecule has 9 nitrogen and oxygen atoms in total. The molecule has 3 aromatic carbocycles. The van der Waals surface area contributed by atoms with Crippen LogP contribution in [0.5, 0.6) is 0 Å². The van der Waals surface area contributed by atoms with E-state index in [1.165, 1.54) is 35.2 Å². The van der Waals surface area contributed by atoms with Crippen molar-refractivity contribution < 1.29 is 36.8 Å². The summed E-state index contributed by atoms with van der Waals surface area (Å²) < 4.78 is 72.3. The van der Waals surface area contributed by atoms with Gasteiger partial charge in [0.25, 0.3) is 11.8 Å². The van der Waals surface area contributed by atoms with Gasteiger partial charge in [0.2, 0.25) is 0 Å². The van der Waals surface area contributed by atoms with E-state index in [2.05, 4.69) is 10.0 Å². The van der Waals surface area contributed by atoms with Crippen molar-refractivity contribution in [1.29, 1.82) is 0 Å². The van der Waals surface area contributed by atoms with Crippen LogP contribution < -0.4 is 14.9 Å². The van der Waals surface area contributed by atoms with Crippen LogP contribution in [0.2, 0.25) is 0 Å². The standard InChI is InChI=1S/C35H37F4N5O4S/c1-5-43-32-28(29(41-44(32)25-12-7-6-8-13-25)26(18-19-45)42-49(48)34(2,3)4)27(21-14-16-24(36)17-15-21)30(33(43)47)40-31(46)22-10-9-11-23(20-22)35(37,38)39/h6-17,20,26-27,30,42,45H,5,18-19H2,1-4H3,(H,40,46)/t26-,27+,30+,49?/m1/s1. The number of fused-ring (bicyclic) bond motifs is 1. The third-order valence-corrected chi connectivity index (χ3v) is 9.81. The second-order valence-corrected chi connectivity index (χ2v) is 14.6. The quantitative estimate of drug-likeness (QED) is 0.142. The Bertz CT molecular complexity index is 1790. The third-order valence-electron chi connectivity index (χ3n) is 8.20. The number of amides is 2. The maximum absolute atomic E-state index is 14.5. The molecule has 0 bridgehead atoms. The number of aliphatic hydroxyl groups is 1. The monoisotopic (exact) mass is 699 g/mol. The summed E-state index contributed by atoms with van der Waals surface area (Å²) in [4.78, 5) is 29.6. The maximum Gasteiger partial charge on any atom is 0.416 e. The van der Waals surface area contributed by atoms with E-state index in [1.54, 1.807) is 56.6 Å². The predicted molar refractivity (Wildman–Crippen MR) is 178 cm³/mol. The highest BCUT2D eigenvalue weighted by atomic mass is 32.2. The average Bonchev–Trinajstić information content (AvgIpc) is 3.45. The van der Waals surface area contributed by atoms with Gasteiger partial charge < -0.3 is 15.0 Å². The van der Waals surface area contributed by atoms with Gasteiger partial charge in [-0.25, -0.2) is 9.07 Å². The first-order valence-electron chi connectivity index (χ1n) is 15.7. The zero-order valence-electron chi connectivity index (χ0n) is 27.3. The minimum absolute atomic E-state index is 0.0670. The Hall–Kier alpha value is -4.24. The molecule has 1 aliphatic heterocycles. The van der Waals surface area contributed by atoms with Gasteiger partial charge in [-0.2, -0.15) is 18.3 Å². The first kappa shape index (κ1) is 36.1. The molecular weight excluding hydrogens is 662 g/mol. The van der Waals surface area contributed by atoms with Crippen molar-refractivity contribution in [1.82, 2.24) is 19.8 Å². The van der Waals surface area contributed by atoms with Crippen molar-refractivity contribution >= 4 is 29.0 Å². The lowest BCUT2D eigenvalue weighted by atomic mass is 9.79. The molecule has 2 amide bonds. The van der Waals surface area contributed by atoms with E-state index in [-0.39, 0.29) is 25.1 Å². The van der Waals surface area contributed by atoms with Crippen LogP contribution in [0.3, 0.4) is 0 Å². The number of anilines is 1. The Labute approximate surface area is 284 Å². The lowest BCUT2D eigenvalue weighted by molar-refractivity contribution is -0.137. The summed E-state index contributed by atoms with van der Waals surface area (Å²) in [6.07, 6.45) is -4.64. The van der Waals surface area contributed by atoms with Crippen molar-refractivity contribution in [2.75, 3.05) is 18.1 Å². The van der Waals surface area contributed by atoms with E-state index in [0.29, 0.717) is 34.4 Å². The van der Waals surface area contributed by atoms with E-state index in [0.717, 1.165) is 12.1 Å². The highest BCUT2D eigenvalue weighted by Crippen LogP contribution is 2.46. The number of rotatable bonds is 10. The van der Waals surface area contributed by atoms with Crippen LogP contribution in [0.1, 0.15) is 78.8 Å². The first-order chi connectivity index (χ1) is 23.1. The summed E-state index contributed by atoms with van der Waals surface area (Å²) in [5.74, 6) is -2.73. The fourth-order valence-electron chi connectivity index (χ4n) is 5.81. The number of carbonyl (C=O) groups excluding carboxylic acids is 2. The number of hydrogen-bond donors (Lipinski definition) is 3. The van der Waals surface area contributed by atoms with Crippen LogP contribution in [0, 0.1) is 5.82 Å². The number of carbonyl (C=O) groups is 2. The Morgan fingerprint density at radius 2 is 1.71 bits per heavy atom. The van der Waals surface area contributed by atoms with E-state index in [1.807, 2.05) is 6.07 Å². The molecule has 14 heteroatoms. The van der Waals surface area contributed by atoms with Gasteiger partial charge in [0.05, 0.1) is 23.0 Å². The number of hydrogen-bond acceptors (Lipinski definition) is 6. The third kappa shape index (κ3) is 7.52. The number of aliphatic hydroxyl groups excluding tert-OH is 1. The second kappa shape index (κ2) is 14.3. The molecule has 3 N–H and O–H groups in total. The molecule has 1 aromatic heterocycles. The highest BCUT2D eigenvalue weighted by Gasteiger charge is 2.48. The summed E-state index contributed by atoms with van der Waals surface area (Å²) in [6.45, 7) is 6.86. The fourth-order valence-corrected chi connectivity index (χ4v) is 6.65. The van der Waals surface area contributed by atoms with Gasteiger partial charge in [-0.05, 0) is 82.1 Å². The molecule has 260 valence electrons. The van der Waals surface area contributed by atoms with Crippen LogP contribution >= 0.6 is 0 Å². The van der Waals surface area contributed by atoms with Crippen LogP contribution in [-0.2, 0) is 22.3 Å². The minimum Gasteiger partial charge on any atom is -0.598 e. The molecule has 4 aromatic rings. The topological polar surface area (TPSA) is 123 Å². The van der Waals surface area contributed by atoms with Crippen molar-refractivity contribution in [3.63, 3.8) is 0 Å². The fraction of sp³-hybridized carbons (Fsp3) is 0.343. The van der Waals surface area contributed by atoms with Crippen LogP contribution in [0.25, 0.3) is 5.69 Å². The molecule has 0 saturated carbocycles. The van der Waals surface area contributed by atoms with E-state index in [9.17, 15) is 36.8 Å². The molecule has 1 unspecified atom stereocenters. The van der Waals surface area contributed by atoms with Crippen molar-refractivity contribution in [3.05, 3.63) is 113 Å². The van der Waals surface area contributed by atoms with E-state index >= 15 is 0 Å². The molecule has 5 rings (SSSR count). The van der Waals surface area contributed by atoms with Gasteiger partial charge in [-0.15, -0.1) is 4.72 Å². The molecular formula is C35H37F4N5O4S. The molecule has 0 saturated heterocycles. The van der Waals surface area contributed by atoms with Gasteiger partial charge in [-0.1, -0.05) is 36.4 Å². The lowest BCUT2D eigenvalue weighted by Gasteiger charge is -2.39. The molecule has 0 radical (unpaired) electrons. The number of halogens is 4. The molecule has 1 aliphatic rings. The Kier molecular flexibility index (Phi) is 10.5. The molecule has 49 heavy (non-hydrogen) atoms. The molecule has 2 heterocycles. The normalized spacial score (nSPS) is 17.8. The number of aromatic nitrogens is 2. The Morgan fingerprint density at radius 1 is 1.04 bits per heavy atom. The minimum atomic E-state index is -4.70. The Balaban J connectivity index is 1.76. The summed E-state index contributed by atoms with van der Waals surface area (Å²) in [5, 5.41) is 17.8. The largest absolute Gasteiger partial charge is 0.598 e. The summed E-state index contributed by atoms with van der Waals surface area (Å²) in [5.41, 5.74) is 0.413. The average molecular weight is 700 g/mol. The number of nitrogens with zero attached hydrogens (tertiary/aromatic N) is 3. The van der Waals surface area contributed by atoms with Gasteiger partial charge in [0, 0.05) is 41.6 Å². The number of alkyl halides is 3. The van der Waals surface area contributed by atoms with Crippen LogP contribution in [0.15, 0.2) is 78.9 Å². The van der Waals surface area contributed by atoms with E-state index < -0.39 is 63.5 Å². The zero-order chi connectivity index (χ0) is 35.7. The lowest BCUT2D eigenvalue weighted by Crippen LogP contribution is -2.55. The van der Waals surface area contributed by atoms with Gasteiger partial charge >= 0.3 is 6.18 Å². The molecule has 0 aliphatic carbocycles. The van der Waals surface area contributed by atoms with Gasteiger partial charge in [0.1, 0.15) is 22.4 Å². The summed E-state index contributed by atoms with van der Waals surface area (Å²) >= 11 is -1.64. The van der Waals surface area contributed by atoms with E-state index in [4.69, 9.17) is 5.10 Å². The van der Waals surface area contributed by atoms with Gasteiger partial charge in [-0.3, -0.25) is 14.5 Å².